The van der Waals surface area contributed by atoms with E-state index >= 15 is 0 Å². The molecule has 3 rings (SSSR count). The van der Waals surface area contributed by atoms with Crippen LogP contribution in [0, 0.1) is 0 Å². The van der Waals surface area contributed by atoms with Gasteiger partial charge in [0.1, 0.15) is 0 Å². The predicted octanol–water partition coefficient (Wildman–Crippen LogP) is 6.30. The van der Waals surface area contributed by atoms with Crippen LogP contribution in [0.5, 0.6) is 0 Å². The van der Waals surface area contributed by atoms with Crippen molar-refractivity contribution in [1.82, 2.24) is 0 Å². The zero-order chi connectivity index (χ0) is 22.4. The maximum atomic E-state index is 12.0. The Labute approximate surface area is 183 Å². The highest BCUT2D eigenvalue weighted by Crippen LogP contribution is 2.43. The van der Waals surface area contributed by atoms with Gasteiger partial charge in [0.05, 0.1) is 30.2 Å². The van der Waals surface area contributed by atoms with Gasteiger partial charge >= 0.3 is 11.9 Å². The van der Waals surface area contributed by atoms with Gasteiger partial charge in [0.25, 0.3) is 0 Å². The number of carbonyl (C=O) groups excluding carboxylic acids is 2. The van der Waals surface area contributed by atoms with Crippen molar-refractivity contribution in [3.63, 3.8) is 0 Å². The number of benzene rings is 2. The van der Waals surface area contributed by atoms with Crippen molar-refractivity contribution in [2.75, 3.05) is 13.2 Å². The number of hydrogen-bond donors (Lipinski definition) is 0. The summed E-state index contributed by atoms with van der Waals surface area (Å²) in [7, 11) is 0. The molecule has 1 aliphatic carbocycles. The summed E-state index contributed by atoms with van der Waals surface area (Å²) in [6.45, 7) is 8.67. The maximum absolute atomic E-state index is 12.0. The maximum Gasteiger partial charge on any atom is 0.338 e. The Balaban J connectivity index is 1.87. The van der Waals surface area contributed by atoms with Gasteiger partial charge in [-0.3, -0.25) is 0 Å². The molecule has 0 fully saturated rings. The molecule has 0 atom stereocenters. The van der Waals surface area contributed by atoms with Crippen LogP contribution in [0.4, 0.5) is 11.4 Å². The highest BCUT2D eigenvalue weighted by Gasteiger charge is 2.30. The van der Waals surface area contributed by atoms with Crippen LogP contribution in [0.15, 0.2) is 58.8 Å². The third-order valence-corrected chi connectivity index (χ3v) is 5.34. The number of carbonyl (C=O) groups is 2. The molecule has 0 saturated heterocycles. The lowest BCUT2D eigenvalue weighted by Crippen LogP contribution is -2.23. The molecule has 0 N–H and O–H groups in total. The molecule has 0 amide bonds. The van der Waals surface area contributed by atoms with Crippen molar-refractivity contribution >= 4 is 28.9 Å². The van der Waals surface area contributed by atoms with Crippen LogP contribution in [-0.4, -0.2) is 25.2 Å². The van der Waals surface area contributed by atoms with Crippen molar-refractivity contribution < 1.29 is 19.1 Å². The van der Waals surface area contributed by atoms with Gasteiger partial charge in [0, 0.05) is 6.08 Å². The highest BCUT2D eigenvalue weighted by molar-refractivity contribution is 5.93. The largest absolute Gasteiger partial charge is 0.463 e. The van der Waals surface area contributed by atoms with E-state index in [2.05, 4.69) is 30.1 Å². The van der Waals surface area contributed by atoms with Crippen molar-refractivity contribution in [3.8, 4) is 0 Å². The zero-order valence-electron chi connectivity index (χ0n) is 18.5. The molecule has 2 aromatic rings. The molecular formula is C25H28N2O4. The number of esters is 2. The molecule has 0 aromatic heterocycles. The molecule has 0 bridgehead atoms. The molecule has 0 aliphatic heterocycles. The van der Waals surface area contributed by atoms with Crippen LogP contribution in [0.1, 0.15) is 62.0 Å². The topological polar surface area (TPSA) is 77.3 Å². The molecule has 0 heterocycles. The highest BCUT2D eigenvalue weighted by atomic mass is 16.5. The Bertz CT molecular complexity index is 1020. The first-order chi connectivity index (χ1) is 14.8. The zero-order valence-corrected chi connectivity index (χ0v) is 18.5. The van der Waals surface area contributed by atoms with Crippen molar-refractivity contribution in [2.24, 2.45) is 10.2 Å². The molecule has 2 aromatic carbocycles. The standard InChI is InChI=1S/C25H28N2O4/c1-5-30-23(28)15-18-13-14-25(3,4)22-12-11-20(16-21(18)22)27-26-19-9-7-17(8-10-19)24(29)31-6-2/h7-12,15-16H,5-6,13-14H2,1-4H3/b18-15-,27-26?. The SMILES string of the molecule is CCOC(=O)/C=C1/CCC(C)(C)c2ccc(N=Nc3ccc(C(=O)OCC)cc3)cc21. The fourth-order valence-corrected chi connectivity index (χ4v) is 3.64. The van der Waals surface area contributed by atoms with E-state index in [9.17, 15) is 9.59 Å². The summed E-state index contributed by atoms with van der Waals surface area (Å²) in [4.78, 5) is 23.8. The first-order valence-electron chi connectivity index (χ1n) is 10.5. The molecule has 6 heteroatoms. The van der Waals surface area contributed by atoms with E-state index in [1.807, 2.05) is 12.1 Å². The number of nitrogens with zero attached hydrogens (tertiary/aromatic N) is 2. The fourth-order valence-electron chi connectivity index (χ4n) is 3.64. The van der Waals surface area contributed by atoms with Crippen LogP contribution in [0.2, 0.25) is 0 Å². The Morgan fingerprint density at radius 3 is 2.29 bits per heavy atom. The first kappa shape index (κ1) is 22.4. The Morgan fingerprint density at radius 1 is 0.968 bits per heavy atom. The van der Waals surface area contributed by atoms with Gasteiger partial charge in [-0.15, -0.1) is 0 Å². The van der Waals surface area contributed by atoms with E-state index < -0.39 is 0 Å². The van der Waals surface area contributed by atoms with E-state index in [0.717, 1.165) is 24.0 Å². The lowest BCUT2D eigenvalue weighted by molar-refractivity contribution is -0.137. The van der Waals surface area contributed by atoms with Gasteiger partial charge in [-0.2, -0.15) is 10.2 Å². The van der Waals surface area contributed by atoms with Crippen LogP contribution < -0.4 is 0 Å². The second-order valence-electron chi connectivity index (χ2n) is 8.00. The van der Waals surface area contributed by atoms with E-state index in [4.69, 9.17) is 9.47 Å². The molecule has 0 spiro atoms. The summed E-state index contributed by atoms with van der Waals surface area (Å²) in [5.74, 6) is -0.680. The van der Waals surface area contributed by atoms with Gasteiger partial charge in [0.15, 0.2) is 0 Å². The molecule has 31 heavy (non-hydrogen) atoms. The summed E-state index contributed by atoms with van der Waals surface area (Å²) in [6, 6.07) is 12.8. The number of ether oxygens (including phenoxy) is 2. The molecular weight excluding hydrogens is 392 g/mol. The summed E-state index contributed by atoms with van der Waals surface area (Å²) in [5.41, 5.74) is 4.98. The van der Waals surface area contributed by atoms with Gasteiger partial charge in [-0.05, 0) is 85.2 Å². The minimum absolute atomic E-state index is 0.0138. The number of allylic oxidation sites excluding steroid dienone is 1. The van der Waals surface area contributed by atoms with Crippen LogP contribution in [0.25, 0.3) is 5.57 Å². The lowest BCUT2D eigenvalue weighted by Gasteiger charge is -2.34. The Kier molecular flexibility index (Phi) is 7.00. The monoisotopic (exact) mass is 420 g/mol. The first-order valence-corrected chi connectivity index (χ1v) is 10.5. The minimum atomic E-state index is -0.357. The van der Waals surface area contributed by atoms with Crippen molar-refractivity contribution in [1.29, 1.82) is 0 Å². The summed E-state index contributed by atoms with van der Waals surface area (Å²) in [5, 5.41) is 8.64. The van der Waals surface area contributed by atoms with E-state index in [1.165, 1.54) is 5.56 Å². The van der Waals surface area contributed by atoms with E-state index in [0.29, 0.717) is 30.2 Å². The van der Waals surface area contributed by atoms with Gasteiger partial charge in [-0.1, -0.05) is 19.9 Å². The lowest BCUT2D eigenvalue weighted by atomic mass is 9.71. The van der Waals surface area contributed by atoms with Gasteiger partial charge in [0.2, 0.25) is 0 Å². The molecule has 0 saturated carbocycles. The summed E-state index contributed by atoms with van der Waals surface area (Å²) >= 11 is 0. The van der Waals surface area contributed by atoms with Crippen molar-refractivity contribution in [2.45, 2.75) is 46.0 Å². The minimum Gasteiger partial charge on any atom is -0.463 e. The van der Waals surface area contributed by atoms with E-state index in [-0.39, 0.29) is 17.4 Å². The number of fused-ring (bicyclic) bond motifs is 1. The van der Waals surface area contributed by atoms with Gasteiger partial charge < -0.3 is 9.47 Å². The molecule has 6 nitrogen and oxygen atoms in total. The predicted molar refractivity (Wildman–Crippen MR) is 120 cm³/mol. The van der Waals surface area contributed by atoms with Gasteiger partial charge in [-0.25, -0.2) is 9.59 Å². The Hall–Kier alpha value is -3.28. The number of rotatable bonds is 6. The number of hydrogen-bond acceptors (Lipinski definition) is 6. The molecule has 0 unspecified atom stereocenters. The average Bonchev–Trinajstić information content (AvgIpc) is 2.75. The Morgan fingerprint density at radius 2 is 1.61 bits per heavy atom. The number of azo groups is 1. The van der Waals surface area contributed by atoms with Crippen molar-refractivity contribution in [3.05, 3.63) is 65.2 Å². The molecule has 1 aliphatic rings. The summed E-state index contributed by atoms with van der Waals surface area (Å²) in [6.07, 6.45) is 3.35. The van der Waals surface area contributed by atoms with Crippen LogP contribution >= 0.6 is 0 Å². The smallest absolute Gasteiger partial charge is 0.338 e. The average molecular weight is 421 g/mol. The summed E-state index contributed by atoms with van der Waals surface area (Å²) < 4.78 is 10.1. The third kappa shape index (κ3) is 5.45. The molecule has 0 radical (unpaired) electrons. The normalized spacial score (nSPS) is 16.2. The fraction of sp³-hybridized carbons (Fsp3) is 0.360. The van der Waals surface area contributed by atoms with E-state index in [1.54, 1.807) is 44.2 Å². The second kappa shape index (κ2) is 9.69. The third-order valence-electron chi connectivity index (χ3n) is 5.34. The van der Waals surface area contributed by atoms with Crippen LogP contribution in [0.3, 0.4) is 0 Å². The van der Waals surface area contributed by atoms with Crippen LogP contribution in [-0.2, 0) is 19.7 Å². The molecule has 162 valence electrons. The quantitative estimate of drug-likeness (QED) is 0.312. The second-order valence-corrected chi connectivity index (χ2v) is 8.00.